The molecule has 18 heavy (non-hydrogen) atoms. The molecule has 0 atom stereocenters. The van der Waals surface area contributed by atoms with Crippen molar-refractivity contribution >= 4 is 5.91 Å². The first-order valence-electron chi connectivity index (χ1n) is 6.70. The number of amides is 1. The van der Waals surface area contributed by atoms with Crippen LogP contribution in [0.25, 0.3) is 0 Å². The SMILES string of the molecule is CN(C(=O)C(F)(F)F)C1C2CC3CC(C2)CC1C3. The Morgan fingerprint density at radius 1 is 1.00 bits per heavy atom. The number of hydrogen-bond acceptors (Lipinski definition) is 1. The lowest BCUT2D eigenvalue weighted by molar-refractivity contribution is -0.192. The summed E-state index contributed by atoms with van der Waals surface area (Å²) in [5.74, 6) is 0.353. The number of hydrogen-bond donors (Lipinski definition) is 0. The highest BCUT2D eigenvalue weighted by Crippen LogP contribution is 2.55. The number of carbonyl (C=O) groups is 1. The molecule has 0 radical (unpaired) electrons. The molecule has 4 bridgehead atoms. The number of rotatable bonds is 1. The van der Waals surface area contributed by atoms with Crippen molar-refractivity contribution in [3.05, 3.63) is 0 Å². The van der Waals surface area contributed by atoms with Gasteiger partial charge in [-0.05, 0) is 55.8 Å². The average Bonchev–Trinajstić information content (AvgIpc) is 2.24. The number of nitrogens with zero attached hydrogens (tertiary/aromatic N) is 1. The topological polar surface area (TPSA) is 20.3 Å². The summed E-state index contributed by atoms with van der Waals surface area (Å²) in [6.45, 7) is 0. The molecule has 0 heterocycles. The Morgan fingerprint density at radius 3 is 1.83 bits per heavy atom. The van der Waals surface area contributed by atoms with Crippen LogP contribution in [-0.4, -0.2) is 30.1 Å². The van der Waals surface area contributed by atoms with Gasteiger partial charge >= 0.3 is 12.1 Å². The highest BCUT2D eigenvalue weighted by molar-refractivity contribution is 5.82. The molecule has 4 saturated carbocycles. The summed E-state index contributed by atoms with van der Waals surface area (Å²) in [5.41, 5.74) is 0. The minimum atomic E-state index is -4.73. The van der Waals surface area contributed by atoms with Crippen LogP contribution in [0.3, 0.4) is 0 Å². The van der Waals surface area contributed by atoms with Crippen LogP contribution in [0.1, 0.15) is 32.1 Å². The zero-order chi connectivity index (χ0) is 13.1. The largest absolute Gasteiger partial charge is 0.471 e. The molecule has 0 unspecified atom stereocenters. The zero-order valence-corrected chi connectivity index (χ0v) is 10.4. The van der Waals surface area contributed by atoms with Crippen molar-refractivity contribution in [3.8, 4) is 0 Å². The lowest BCUT2D eigenvalue weighted by atomic mass is 9.54. The molecular weight excluding hydrogens is 243 g/mol. The maximum Gasteiger partial charge on any atom is 0.471 e. The van der Waals surface area contributed by atoms with Gasteiger partial charge in [-0.2, -0.15) is 13.2 Å². The maximum atomic E-state index is 12.5. The summed E-state index contributed by atoms with van der Waals surface area (Å²) in [5, 5.41) is 0. The Bertz CT molecular complexity index is 338. The molecule has 0 aliphatic heterocycles. The van der Waals surface area contributed by atoms with Crippen molar-refractivity contribution in [1.29, 1.82) is 0 Å². The van der Waals surface area contributed by atoms with Gasteiger partial charge in [-0.1, -0.05) is 0 Å². The molecule has 4 fully saturated rings. The lowest BCUT2D eigenvalue weighted by Gasteiger charge is -2.56. The molecule has 102 valence electrons. The van der Waals surface area contributed by atoms with E-state index in [9.17, 15) is 18.0 Å². The van der Waals surface area contributed by atoms with Crippen molar-refractivity contribution in [1.82, 2.24) is 4.90 Å². The standard InChI is InChI=1S/C13H18F3NO/c1-17(12(18)13(14,15)16)11-9-3-7-2-8(5-9)6-10(11)4-7/h7-11H,2-6H2,1H3. The van der Waals surface area contributed by atoms with Crippen molar-refractivity contribution < 1.29 is 18.0 Å². The molecule has 0 aromatic rings. The van der Waals surface area contributed by atoms with Crippen LogP contribution in [0.4, 0.5) is 13.2 Å². The highest BCUT2D eigenvalue weighted by Gasteiger charge is 2.53. The minimum absolute atomic E-state index is 0.174. The number of alkyl halides is 3. The van der Waals surface area contributed by atoms with Crippen molar-refractivity contribution in [2.45, 2.75) is 44.3 Å². The molecule has 4 rings (SSSR count). The molecule has 1 amide bonds. The van der Waals surface area contributed by atoms with Gasteiger partial charge in [-0.25, -0.2) is 0 Å². The quantitative estimate of drug-likeness (QED) is 0.710. The van der Waals surface area contributed by atoms with Gasteiger partial charge < -0.3 is 4.90 Å². The molecule has 4 aliphatic carbocycles. The highest BCUT2D eigenvalue weighted by atomic mass is 19.4. The van der Waals surface area contributed by atoms with Crippen LogP contribution < -0.4 is 0 Å². The van der Waals surface area contributed by atoms with E-state index in [4.69, 9.17) is 0 Å². The smallest absolute Gasteiger partial charge is 0.334 e. The van der Waals surface area contributed by atoms with Gasteiger partial charge in [0.05, 0.1) is 0 Å². The van der Waals surface area contributed by atoms with Gasteiger partial charge in [0, 0.05) is 13.1 Å². The predicted octanol–water partition coefficient (Wildman–Crippen LogP) is 2.83. The molecule has 0 aromatic heterocycles. The second kappa shape index (κ2) is 3.87. The van der Waals surface area contributed by atoms with E-state index in [0.717, 1.165) is 30.6 Å². The summed E-state index contributed by atoms with van der Waals surface area (Å²) < 4.78 is 37.6. The number of halogens is 3. The normalized spacial score (nSPS) is 42.1. The van der Waals surface area contributed by atoms with Crippen molar-refractivity contribution in [2.24, 2.45) is 23.7 Å². The van der Waals surface area contributed by atoms with Gasteiger partial charge in [0.1, 0.15) is 0 Å². The van der Waals surface area contributed by atoms with E-state index < -0.39 is 12.1 Å². The maximum absolute atomic E-state index is 12.5. The van der Waals surface area contributed by atoms with Gasteiger partial charge in [-0.3, -0.25) is 4.79 Å². The van der Waals surface area contributed by atoms with Gasteiger partial charge in [-0.15, -0.1) is 0 Å². The van der Waals surface area contributed by atoms with Crippen LogP contribution in [-0.2, 0) is 4.79 Å². The van der Waals surface area contributed by atoms with Gasteiger partial charge in [0.25, 0.3) is 0 Å². The molecular formula is C13H18F3NO. The fourth-order valence-electron chi connectivity index (χ4n) is 4.86. The summed E-state index contributed by atoms with van der Waals surface area (Å²) in [6.07, 6.45) is 0.612. The fraction of sp³-hybridized carbons (Fsp3) is 0.923. The Kier molecular flexibility index (Phi) is 2.65. The van der Waals surface area contributed by atoms with Crippen LogP contribution in [0, 0.1) is 23.7 Å². The van der Waals surface area contributed by atoms with Gasteiger partial charge in [0.2, 0.25) is 0 Å². The summed E-state index contributed by atoms with van der Waals surface area (Å²) in [7, 11) is 1.34. The van der Waals surface area contributed by atoms with E-state index in [-0.39, 0.29) is 6.04 Å². The van der Waals surface area contributed by atoms with E-state index in [2.05, 4.69) is 0 Å². The van der Waals surface area contributed by atoms with E-state index in [1.54, 1.807) is 0 Å². The monoisotopic (exact) mass is 261 g/mol. The van der Waals surface area contributed by atoms with Gasteiger partial charge in [0.15, 0.2) is 0 Å². The van der Waals surface area contributed by atoms with Crippen molar-refractivity contribution in [2.75, 3.05) is 7.05 Å². The van der Waals surface area contributed by atoms with Crippen LogP contribution >= 0.6 is 0 Å². The Hall–Kier alpha value is -0.740. The third-order valence-corrected chi connectivity index (χ3v) is 5.19. The fourth-order valence-corrected chi connectivity index (χ4v) is 4.86. The molecule has 0 aromatic carbocycles. The molecule has 2 nitrogen and oxygen atoms in total. The third kappa shape index (κ3) is 1.82. The van der Waals surface area contributed by atoms with E-state index in [0.29, 0.717) is 23.7 Å². The molecule has 5 heteroatoms. The van der Waals surface area contributed by atoms with Crippen LogP contribution in [0.2, 0.25) is 0 Å². The van der Waals surface area contributed by atoms with E-state index >= 15 is 0 Å². The number of carbonyl (C=O) groups excluding carboxylic acids is 1. The Labute approximate surface area is 105 Å². The minimum Gasteiger partial charge on any atom is -0.334 e. The van der Waals surface area contributed by atoms with Crippen molar-refractivity contribution in [3.63, 3.8) is 0 Å². The summed E-state index contributed by atoms with van der Waals surface area (Å²) >= 11 is 0. The first-order chi connectivity index (χ1) is 8.36. The molecule has 0 spiro atoms. The Morgan fingerprint density at radius 2 is 1.44 bits per heavy atom. The van der Waals surface area contributed by atoms with Crippen LogP contribution in [0.15, 0.2) is 0 Å². The summed E-state index contributed by atoms with van der Waals surface area (Å²) in [6, 6.07) is -0.174. The first-order valence-corrected chi connectivity index (χ1v) is 6.70. The second-order valence-corrected chi connectivity index (χ2v) is 6.34. The predicted molar refractivity (Wildman–Crippen MR) is 59.7 cm³/mol. The lowest BCUT2D eigenvalue weighted by Crippen LogP contribution is -2.58. The summed E-state index contributed by atoms with van der Waals surface area (Å²) in [4.78, 5) is 12.4. The average molecular weight is 261 g/mol. The molecule has 0 saturated heterocycles. The molecule has 4 aliphatic rings. The first kappa shape index (κ1) is 12.3. The zero-order valence-electron chi connectivity index (χ0n) is 10.4. The van der Waals surface area contributed by atoms with Crippen LogP contribution in [0.5, 0.6) is 0 Å². The third-order valence-electron chi connectivity index (χ3n) is 5.19. The Balaban J connectivity index is 1.79. The van der Waals surface area contributed by atoms with E-state index in [1.165, 1.54) is 13.5 Å². The van der Waals surface area contributed by atoms with E-state index in [1.807, 2.05) is 0 Å². The molecule has 0 N–H and O–H groups in total. The second-order valence-electron chi connectivity index (χ2n) is 6.34.